The molecular formula is C21H22N2O3S. The summed E-state index contributed by atoms with van der Waals surface area (Å²) in [5.74, 6) is -1.02. The molecule has 27 heavy (non-hydrogen) atoms. The molecule has 1 atom stereocenters. The van der Waals surface area contributed by atoms with Crippen molar-refractivity contribution in [3.8, 4) is 0 Å². The second-order valence-electron chi connectivity index (χ2n) is 6.86. The second kappa shape index (κ2) is 7.96. The van der Waals surface area contributed by atoms with E-state index in [1.54, 1.807) is 24.3 Å². The van der Waals surface area contributed by atoms with E-state index in [-0.39, 0.29) is 11.8 Å². The fourth-order valence-corrected chi connectivity index (χ4v) is 3.78. The van der Waals surface area contributed by atoms with E-state index in [0.29, 0.717) is 23.2 Å². The summed E-state index contributed by atoms with van der Waals surface area (Å²) in [5.41, 5.74) is 1.39. The Bertz CT molecular complexity index is 860. The van der Waals surface area contributed by atoms with Gasteiger partial charge >= 0.3 is 0 Å². The molecule has 2 aromatic carbocycles. The standard InChI is InChI=1S/C21H22N2O3S/c1-13(2)12-17(19(24)22-16-10-6-7-11-18(16)27-3)23-20(25)14-8-4-5-9-15(14)21(23)26/h4-11,13,17H,12H2,1-3H3,(H,22,24). The molecule has 0 radical (unpaired) electrons. The van der Waals surface area contributed by atoms with Gasteiger partial charge < -0.3 is 5.32 Å². The van der Waals surface area contributed by atoms with Crippen LogP contribution in [0.2, 0.25) is 0 Å². The lowest BCUT2D eigenvalue weighted by Gasteiger charge is -2.27. The number of thioether (sulfide) groups is 1. The number of hydrogen-bond donors (Lipinski definition) is 1. The van der Waals surface area contributed by atoms with Crippen LogP contribution in [0.3, 0.4) is 0 Å². The van der Waals surface area contributed by atoms with E-state index in [9.17, 15) is 14.4 Å². The molecule has 6 heteroatoms. The summed E-state index contributed by atoms with van der Waals surface area (Å²) in [6.45, 7) is 3.93. The lowest BCUT2D eigenvalue weighted by molar-refractivity contribution is -0.120. The van der Waals surface area contributed by atoms with Crippen LogP contribution < -0.4 is 5.32 Å². The molecule has 3 amide bonds. The molecule has 0 aliphatic carbocycles. The van der Waals surface area contributed by atoms with E-state index in [0.717, 1.165) is 9.80 Å². The number of carbonyl (C=O) groups excluding carboxylic acids is 3. The molecule has 3 rings (SSSR count). The molecule has 1 aliphatic heterocycles. The summed E-state index contributed by atoms with van der Waals surface area (Å²) in [6, 6.07) is 13.3. The van der Waals surface area contributed by atoms with E-state index >= 15 is 0 Å². The molecule has 0 aromatic heterocycles. The SMILES string of the molecule is CSc1ccccc1NC(=O)C(CC(C)C)N1C(=O)c2ccccc2C1=O. The van der Waals surface area contributed by atoms with E-state index in [4.69, 9.17) is 0 Å². The van der Waals surface area contributed by atoms with Gasteiger partial charge in [0.1, 0.15) is 6.04 Å². The third-order valence-corrected chi connectivity index (χ3v) is 5.30. The molecule has 1 unspecified atom stereocenters. The van der Waals surface area contributed by atoms with Crippen LogP contribution in [0.4, 0.5) is 5.69 Å². The quantitative estimate of drug-likeness (QED) is 0.604. The van der Waals surface area contributed by atoms with Crippen LogP contribution in [-0.4, -0.2) is 34.9 Å². The van der Waals surface area contributed by atoms with Crippen LogP contribution >= 0.6 is 11.8 Å². The fraction of sp³-hybridized carbons (Fsp3) is 0.286. The lowest BCUT2D eigenvalue weighted by atomic mass is 10.0. The first-order valence-electron chi connectivity index (χ1n) is 8.84. The average molecular weight is 382 g/mol. The predicted octanol–water partition coefficient (Wildman–Crippen LogP) is 4.06. The molecule has 1 aliphatic rings. The highest BCUT2D eigenvalue weighted by molar-refractivity contribution is 7.98. The number of hydrogen-bond acceptors (Lipinski definition) is 4. The maximum Gasteiger partial charge on any atom is 0.262 e. The molecular weight excluding hydrogens is 360 g/mol. The molecule has 0 saturated carbocycles. The van der Waals surface area contributed by atoms with Gasteiger partial charge in [-0.1, -0.05) is 38.1 Å². The Kier molecular flexibility index (Phi) is 5.65. The van der Waals surface area contributed by atoms with Crippen molar-refractivity contribution in [1.29, 1.82) is 0 Å². The second-order valence-corrected chi connectivity index (χ2v) is 7.71. The summed E-state index contributed by atoms with van der Waals surface area (Å²) in [4.78, 5) is 40.8. The van der Waals surface area contributed by atoms with Crippen molar-refractivity contribution in [2.24, 2.45) is 5.92 Å². The van der Waals surface area contributed by atoms with Gasteiger partial charge in [0.05, 0.1) is 16.8 Å². The minimum Gasteiger partial charge on any atom is -0.323 e. The number of rotatable bonds is 6. The molecule has 0 saturated heterocycles. The highest BCUT2D eigenvalue weighted by atomic mass is 32.2. The zero-order valence-electron chi connectivity index (χ0n) is 15.6. The molecule has 1 N–H and O–H groups in total. The van der Waals surface area contributed by atoms with E-state index in [1.807, 2.05) is 44.4 Å². The van der Waals surface area contributed by atoms with E-state index in [1.165, 1.54) is 11.8 Å². The Morgan fingerprint density at radius 3 is 2.11 bits per heavy atom. The molecule has 140 valence electrons. The summed E-state index contributed by atoms with van der Waals surface area (Å²) in [7, 11) is 0. The van der Waals surface area contributed by atoms with Gasteiger partial charge in [-0.25, -0.2) is 0 Å². The number of carbonyl (C=O) groups is 3. The van der Waals surface area contributed by atoms with Crippen LogP contribution in [0.15, 0.2) is 53.4 Å². The van der Waals surface area contributed by atoms with E-state index < -0.39 is 17.9 Å². The van der Waals surface area contributed by atoms with Crippen LogP contribution in [0.1, 0.15) is 41.0 Å². The Labute approximate surface area is 163 Å². The monoisotopic (exact) mass is 382 g/mol. The van der Waals surface area contributed by atoms with E-state index in [2.05, 4.69) is 5.32 Å². The molecule has 0 spiro atoms. The number of imide groups is 1. The van der Waals surface area contributed by atoms with Gasteiger partial charge in [-0.15, -0.1) is 11.8 Å². The fourth-order valence-electron chi connectivity index (χ4n) is 3.23. The zero-order chi connectivity index (χ0) is 19.6. The number of anilines is 1. The average Bonchev–Trinajstić information content (AvgIpc) is 2.91. The molecule has 0 bridgehead atoms. The number of nitrogens with zero attached hydrogens (tertiary/aromatic N) is 1. The third-order valence-electron chi connectivity index (χ3n) is 4.50. The first kappa shape index (κ1) is 19.2. The summed E-state index contributed by atoms with van der Waals surface area (Å²) >= 11 is 1.52. The Morgan fingerprint density at radius 2 is 1.56 bits per heavy atom. The predicted molar refractivity (Wildman–Crippen MR) is 107 cm³/mol. The number of para-hydroxylation sites is 1. The van der Waals surface area contributed by atoms with Crippen LogP contribution in [0, 0.1) is 5.92 Å². The minimum absolute atomic E-state index is 0.140. The van der Waals surface area contributed by atoms with Gasteiger partial charge in [-0.2, -0.15) is 0 Å². The first-order chi connectivity index (χ1) is 12.9. The zero-order valence-corrected chi connectivity index (χ0v) is 16.4. The van der Waals surface area contributed by atoms with Crippen LogP contribution in [0.5, 0.6) is 0 Å². The van der Waals surface area contributed by atoms with Gasteiger partial charge in [-0.3, -0.25) is 19.3 Å². The van der Waals surface area contributed by atoms with Crippen molar-refractivity contribution in [2.75, 3.05) is 11.6 Å². The van der Waals surface area contributed by atoms with Crippen molar-refractivity contribution in [3.63, 3.8) is 0 Å². The van der Waals surface area contributed by atoms with Gasteiger partial charge in [-0.05, 0) is 42.9 Å². The molecule has 1 heterocycles. The molecule has 2 aromatic rings. The maximum atomic E-state index is 13.1. The summed E-state index contributed by atoms with van der Waals surface area (Å²) < 4.78 is 0. The topological polar surface area (TPSA) is 66.5 Å². The van der Waals surface area contributed by atoms with Crippen LogP contribution in [-0.2, 0) is 4.79 Å². The van der Waals surface area contributed by atoms with Crippen molar-refractivity contribution >= 4 is 35.2 Å². The van der Waals surface area contributed by atoms with Gasteiger partial charge in [0.2, 0.25) is 5.91 Å². The lowest BCUT2D eigenvalue weighted by Crippen LogP contribution is -2.48. The van der Waals surface area contributed by atoms with Crippen LogP contribution in [0.25, 0.3) is 0 Å². The third kappa shape index (κ3) is 3.76. The summed E-state index contributed by atoms with van der Waals surface area (Å²) in [6.07, 6.45) is 2.33. The Morgan fingerprint density at radius 1 is 1.00 bits per heavy atom. The normalized spacial score (nSPS) is 14.4. The van der Waals surface area contributed by atoms with Crippen molar-refractivity contribution in [2.45, 2.75) is 31.2 Å². The number of fused-ring (bicyclic) bond motifs is 1. The smallest absolute Gasteiger partial charge is 0.262 e. The van der Waals surface area contributed by atoms with Crippen molar-refractivity contribution in [1.82, 2.24) is 4.90 Å². The van der Waals surface area contributed by atoms with Crippen molar-refractivity contribution < 1.29 is 14.4 Å². The highest BCUT2D eigenvalue weighted by Gasteiger charge is 2.42. The molecule has 0 fully saturated rings. The number of benzene rings is 2. The van der Waals surface area contributed by atoms with Gasteiger partial charge in [0.25, 0.3) is 11.8 Å². The maximum absolute atomic E-state index is 13.1. The minimum atomic E-state index is -0.854. The molecule has 5 nitrogen and oxygen atoms in total. The van der Waals surface area contributed by atoms with Crippen molar-refractivity contribution in [3.05, 3.63) is 59.7 Å². The number of nitrogens with one attached hydrogen (secondary N) is 1. The Balaban J connectivity index is 1.92. The summed E-state index contributed by atoms with van der Waals surface area (Å²) in [5, 5.41) is 2.91. The largest absolute Gasteiger partial charge is 0.323 e. The highest BCUT2D eigenvalue weighted by Crippen LogP contribution is 2.29. The van der Waals surface area contributed by atoms with Gasteiger partial charge in [0.15, 0.2) is 0 Å². The first-order valence-corrected chi connectivity index (χ1v) is 10.1. The number of amides is 3. The Hall–Kier alpha value is -2.60. The van der Waals surface area contributed by atoms with Gasteiger partial charge in [0, 0.05) is 4.90 Å².